The van der Waals surface area contributed by atoms with Gasteiger partial charge in [-0.25, -0.2) is 0 Å². The van der Waals surface area contributed by atoms with Gasteiger partial charge in [-0.1, -0.05) is 13.8 Å². The fourth-order valence-electron chi connectivity index (χ4n) is 2.46. The van der Waals surface area contributed by atoms with Crippen LogP contribution in [0.4, 0.5) is 0 Å². The molecule has 0 aromatic heterocycles. The number of nitrogens with zero attached hydrogens (tertiary/aromatic N) is 1. The fraction of sp³-hybridized carbons (Fsp3) is 1.00. The Morgan fingerprint density at radius 1 is 1.67 bits per heavy atom. The molecule has 72 valence electrons. The van der Waals surface area contributed by atoms with E-state index in [1.54, 1.807) is 0 Å². The predicted molar refractivity (Wildman–Crippen MR) is 49.9 cm³/mol. The van der Waals surface area contributed by atoms with Gasteiger partial charge in [0.2, 0.25) is 0 Å². The van der Waals surface area contributed by atoms with E-state index in [0.29, 0.717) is 12.0 Å². The Morgan fingerprint density at radius 3 is 2.58 bits per heavy atom. The van der Waals surface area contributed by atoms with Crippen molar-refractivity contribution >= 4 is 0 Å². The molecule has 0 amide bonds. The van der Waals surface area contributed by atoms with Crippen molar-refractivity contribution in [3.63, 3.8) is 0 Å². The van der Waals surface area contributed by atoms with Crippen LogP contribution < -0.4 is 5.73 Å². The van der Waals surface area contributed by atoms with E-state index in [1.807, 2.05) is 0 Å². The molecular formula is C9H20N2O. The van der Waals surface area contributed by atoms with Gasteiger partial charge in [-0.2, -0.15) is 0 Å². The maximum Gasteiger partial charge on any atom is 0.0627 e. The third-order valence-corrected chi connectivity index (χ3v) is 2.92. The number of nitrogens with two attached hydrogens (primary N) is 1. The van der Waals surface area contributed by atoms with Crippen LogP contribution in [0.3, 0.4) is 0 Å². The largest absolute Gasteiger partial charge is 0.394 e. The summed E-state index contributed by atoms with van der Waals surface area (Å²) in [6, 6.07) is 0.322. The van der Waals surface area contributed by atoms with E-state index >= 15 is 0 Å². The Balaban J connectivity index is 2.77. The van der Waals surface area contributed by atoms with Crippen LogP contribution in [0.2, 0.25) is 0 Å². The molecule has 0 bridgehead atoms. The lowest BCUT2D eigenvalue weighted by Gasteiger charge is -2.35. The quantitative estimate of drug-likeness (QED) is 0.618. The van der Waals surface area contributed by atoms with E-state index in [2.05, 4.69) is 25.8 Å². The third-order valence-electron chi connectivity index (χ3n) is 2.92. The highest BCUT2D eigenvalue weighted by molar-refractivity contribution is 5.03. The van der Waals surface area contributed by atoms with Gasteiger partial charge < -0.3 is 15.7 Å². The monoisotopic (exact) mass is 172 g/mol. The summed E-state index contributed by atoms with van der Waals surface area (Å²) in [5, 5.41) is 9.21. The SMILES string of the molecule is CC(C)C1N(C)CCC1(N)CO. The molecule has 3 heteroatoms. The zero-order valence-electron chi connectivity index (χ0n) is 8.25. The van der Waals surface area contributed by atoms with Crippen LogP contribution in [0.5, 0.6) is 0 Å². The molecule has 3 nitrogen and oxygen atoms in total. The van der Waals surface area contributed by atoms with Crippen molar-refractivity contribution in [3.8, 4) is 0 Å². The highest BCUT2D eigenvalue weighted by Gasteiger charge is 2.43. The van der Waals surface area contributed by atoms with Gasteiger partial charge in [0, 0.05) is 12.6 Å². The molecule has 12 heavy (non-hydrogen) atoms. The molecule has 2 atom stereocenters. The summed E-state index contributed by atoms with van der Waals surface area (Å²) in [4.78, 5) is 2.25. The molecule has 2 unspecified atom stereocenters. The Labute approximate surface area is 74.5 Å². The van der Waals surface area contributed by atoms with Crippen LogP contribution in [-0.2, 0) is 0 Å². The van der Waals surface area contributed by atoms with Gasteiger partial charge in [0.1, 0.15) is 0 Å². The van der Waals surface area contributed by atoms with Crippen LogP contribution in [0.15, 0.2) is 0 Å². The molecule has 0 saturated carbocycles. The van der Waals surface area contributed by atoms with Crippen LogP contribution in [0.1, 0.15) is 20.3 Å². The minimum atomic E-state index is -0.372. The van der Waals surface area contributed by atoms with E-state index in [0.717, 1.165) is 13.0 Å². The first-order valence-corrected chi connectivity index (χ1v) is 4.61. The van der Waals surface area contributed by atoms with Crippen molar-refractivity contribution < 1.29 is 5.11 Å². The first kappa shape index (κ1) is 9.96. The fourth-order valence-corrected chi connectivity index (χ4v) is 2.46. The standard InChI is InChI=1S/C9H20N2O/c1-7(2)8-9(10,6-12)4-5-11(8)3/h7-8,12H,4-6,10H2,1-3H3. The molecule has 0 aromatic rings. The molecule has 1 heterocycles. The van der Waals surface area contributed by atoms with Crippen molar-refractivity contribution in [3.05, 3.63) is 0 Å². The van der Waals surface area contributed by atoms with Gasteiger partial charge in [-0.15, -0.1) is 0 Å². The summed E-state index contributed by atoms with van der Waals surface area (Å²) in [7, 11) is 2.08. The molecular weight excluding hydrogens is 152 g/mol. The summed E-state index contributed by atoms with van der Waals surface area (Å²) in [5.41, 5.74) is 5.73. The van der Waals surface area contributed by atoms with Crippen molar-refractivity contribution in [1.82, 2.24) is 4.90 Å². The molecule has 1 aliphatic rings. The topological polar surface area (TPSA) is 49.5 Å². The third kappa shape index (κ3) is 1.49. The smallest absolute Gasteiger partial charge is 0.0627 e. The number of likely N-dealkylation sites (tertiary alicyclic amines) is 1. The van der Waals surface area contributed by atoms with Gasteiger partial charge in [-0.05, 0) is 19.4 Å². The normalized spacial score (nSPS) is 38.0. The molecule has 0 radical (unpaired) electrons. The highest BCUT2D eigenvalue weighted by atomic mass is 16.3. The van der Waals surface area contributed by atoms with Crippen molar-refractivity contribution in [2.75, 3.05) is 20.2 Å². The number of likely N-dealkylation sites (N-methyl/N-ethyl adjacent to an activating group) is 1. The number of rotatable bonds is 2. The number of aliphatic hydroxyl groups excluding tert-OH is 1. The van der Waals surface area contributed by atoms with Crippen molar-refractivity contribution in [2.24, 2.45) is 11.7 Å². The van der Waals surface area contributed by atoms with E-state index in [9.17, 15) is 5.11 Å². The van der Waals surface area contributed by atoms with E-state index in [4.69, 9.17) is 5.73 Å². The average molecular weight is 172 g/mol. The Hall–Kier alpha value is -0.120. The summed E-state index contributed by atoms with van der Waals surface area (Å²) in [5.74, 6) is 0.509. The second-order valence-corrected chi connectivity index (χ2v) is 4.31. The number of hydrogen-bond acceptors (Lipinski definition) is 3. The second kappa shape index (κ2) is 3.32. The van der Waals surface area contributed by atoms with Gasteiger partial charge >= 0.3 is 0 Å². The lowest BCUT2D eigenvalue weighted by atomic mass is 9.85. The molecule has 1 fully saturated rings. The summed E-state index contributed by atoms with van der Waals surface area (Å²) in [6.07, 6.45) is 0.906. The van der Waals surface area contributed by atoms with E-state index in [-0.39, 0.29) is 12.1 Å². The molecule has 0 aliphatic carbocycles. The van der Waals surface area contributed by atoms with Crippen LogP contribution in [0.25, 0.3) is 0 Å². The first-order valence-electron chi connectivity index (χ1n) is 4.61. The van der Waals surface area contributed by atoms with Gasteiger partial charge in [0.25, 0.3) is 0 Å². The zero-order valence-corrected chi connectivity index (χ0v) is 8.25. The van der Waals surface area contributed by atoms with Gasteiger partial charge in [0.15, 0.2) is 0 Å². The molecule has 3 N–H and O–H groups in total. The molecule has 0 aromatic carbocycles. The summed E-state index contributed by atoms with van der Waals surface area (Å²) >= 11 is 0. The first-order chi connectivity index (χ1) is 5.51. The Bertz CT molecular complexity index is 161. The van der Waals surface area contributed by atoms with E-state index < -0.39 is 0 Å². The van der Waals surface area contributed by atoms with Gasteiger partial charge in [0.05, 0.1) is 12.1 Å². The molecule has 1 saturated heterocycles. The van der Waals surface area contributed by atoms with Crippen LogP contribution in [-0.4, -0.2) is 41.8 Å². The predicted octanol–water partition coefficient (Wildman–Crippen LogP) is 0.0363. The van der Waals surface area contributed by atoms with Crippen LogP contribution >= 0.6 is 0 Å². The second-order valence-electron chi connectivity index (χ2n) is 4.31. The van der Waals surface area contributed by atoms with Crippen molar-refractivity contribution in [1.29, 1.82) is 0 Å². The lowest BCUT2D eigenvalue weighted by Crippen LogP contribution is -2.55. The highest BCUT2D eigenvalue weighted by Crippen LogP contribution is 2.29. The summed E-state index contributed by atoms with van der Waals surface area (Å²) < 4.78 is 0. The average Bonchev–Trinajstić information content (AvgIpc) is 2.28. The maximum atomic E-state index is 9.21. The Morgan fingerprint density at radius 2 is 2.25 bits per heavy atom. The van der Waals surface area contributed by atoms with E-state index in [1.165, 1.54) is 0 Å². The lowest BCUT2D eigenvalue weighted by molar-refractivity contribution is 0.123. The van der Waals surface area contributed by atoms with Gasteiger partial charge in [-0.3, -0.25) is 0 Å². The Kier molecular flexibility index (Phi) is 2.76. The van der Waals surface area contributed by atoms with Crippen LogP contribution in [0, 0.1) is 5.92 Å². The number of hydrogen-bond donors (Lipinski definition) is 2. The summed E-state index contributed by atoms with van der Waals surface area (Å²) in [6.45, 7) is 5.41. The minimum absolute atomic E-state index is 0.0974. The zero-order chi connectivity index (χ0) is 9.35. The molecule has 1 aliphatic heterocycles. The minimum Gasteiger partial charge on any atom is -0.394 e. The molecule has 1 rings (SSSR count). The molecule has 0 spiro atoms. The van der Waals surface area contributed by atoms with Crippen molar-refractivity contribution in [2.45, 2.75) is 31.8 Å². The maximum absolute atomic E-state index is 9.21. The number of aliphatic hydroxyl groups is 1.